The van der Waals surface area contributed by atoms with Gasteiger partial charge in [0.15, 0.2) is 0 Å². The molecule has 2 rings (SSSR count). The SMILES string of the molecule is CN(C(=O)CCNC(=O)C(C)(C)C)C1CC2CCC(C1)N2.Cl. The molecular weight excluding hydrogens is 302 g/mol. The van der Waals surface area contributed by atoms with Crippen LogP contribution in [0, 0.1) is 5.41 Å². The maximum atomic E-state index is 12.3. The van der Waals surface area contributed by atoms with Crippen LogP contribution in [0.5, 0.6) is 0 Å². The third-order valence-corrected chi connectivity index (χ3v) is 4.69. The number of nitrogens with one attached hydrogen (secondary N) is 2. The van der Waals surface area contributed by atoms with Gasteiger partial charge in [-0.25, -0.2) is 0 Å². The second-order valence-electron chi connectivity index (χ2n) is 7.52. The molecule has 0 saturated carbocycles. The van der Waals surface area contributed by atoms with Crippen molar-refractivity contribution in [2.75, 3.05) is 13.6 Å². The fraction of sp³-hybridized carbons (Fsp3) is 0.875. The molecule has 2 heterocycles. The summed E-state index contributed by atoms with van der Waals surface area (Å²) < 4.78 is 0. The number of hydrogen-bond acceptors (Lipinski definition) is 3. The summed E-state index contributed by atoms with van der Waals surface area (Å²) in [5.74, 6) is 0.133. The molecule has 0 radical (unpaired) electrons. The summed E-state index contributed by atoms with van der Waals surface area (Å²) >= 11 is 0. The average Bonchev–Trinajstić information content (AvgIpc) is 2.75. The molecule has 2 saturated heterocycles. The summed E-state index contributed by atoms with van der Waals surface area (Å²) in [4.78, 5) is 25.9. The monoisotopic (exact) mass is 331 g/mol. The van der Waals surface area contributed by atoms with Crippen LogP contribution < -0.4 is 10.6 Å². The molecule has 2 unspecified atom stereocenters. The van der Waals surface area contributed by atoms with Crippen molar-refractivity contribution in [3.8, 4) is 0 Å². The van der Waals surface area contributed by atoms with Crippen LogP contribution in [0.4, 0.5) is 0 Å². The summed E-state index contributed by atoms with van der Waals surface area (Å²) in [6, 6.07) is 1.53. The van der Waals surface area contributed by atoms with E-state index < -0.39 is 5.41 Å². The molecule has 2 atom stereocenters. The van der Waals surface area contributed by atoms with Crippen LogP contribution in [0.1, 0.15) is 52.9 Å². The van der Waals surface area contributed by atoms with Crippen molar-refractivity contribution >= 4 is 24.2 Å². The maximum Gasteiger partial charge on any atom is 0.225 e. The van der Waals surface area contributed by atoms with Crippen LogP contribution in [0.25, 0.3) is 0 Å². The van der Waals surface area contributed by atoms with Crippen LogP contribution in [0.2, 0.25) is 0 Å². The molecular formula is C16H30ClN3O2. The van der Waals surface area contributed by atoms with Crippen molar-refractivity contribution in [2.45, 2.75) is 71.0 Å². The number of amides is 2. The first-order chi connectivity index (χ1) is 9.77. The van der Waals surface area contributed by atoms with Crippen molar-refractivity contribution in [3.63, 3.8) is 0 Å². The van der Waals surface area contributed by atoms with E-state index in [1.54, 1.807) is 0 Å². The predicted octanol–water partition coefficient (Wildman–Crippen LogP) is 1.70. The Balaban J connectivity index is 0.00000242. The molecule has 2 fully saturated rings. The Morgan fingerprint density at radius 1 is 1.18 bits per heavy atom. The molecule has 128 valence electrons. The van der Waals surface area contributed by atoms with Gasteiger partial charge in [-0.2, -0.15) is 0 Å². The van der Waals surface area contributed by atoms with Gasteiger partial charge in [-0.05, 0) is 25.7 Å². The Morgan fingerprint density at radius 2 is 1.73 bits per heavy atom. The number of piperidine rings is 1. The van der Waals surface area contributed by atoms with E-state index in [1.165, 1.54) is 12.8 Å². The van der Waals surface area contributed by atoms with Gasteiger partial charge in [0.1, 0.15) is 0 Å². The number of rotatable bonds is 4. The highest BCUT2D eigenvalue weighted by Gasteiger charge is 2.36. The highest BCUT2D eigenvalue weighted by Crippen LogP contribution is 2.29. The molecule has 0 aromatic carbocycles. The van der Waals surface area contributed by atoms with Crippen LogP contribution in [-0.4, -0.2) is 48.4 Å². The standard InChI is InChI=1S/C16H29N3O2.ClH/c1-16(2,3)15(21)17-8-7-14(20)19(4)13-9-11-5-6-12(10-13)18-11;/h11-13,18H,5-10H2,1-4H3,(H,17,21);1H. The van der Waals surface area contributed by atoms with E-state index in [0.717, 1.165) is 12.8 Å². The Hall–Kier alpha value is -0.810. The first-order valence-electron chi connectivity index (χ1n) is 8.07. The van der Waals surface area contributed by atoms with Gasteiger partial charge >= 0.3 is 0 Å². The summed E-state index contributed by atoms with van der Waals surface area (Å²) in [5.41, 5.74) is -0.400. The summed E-state index contributed by atoms with van der Waals surface area (Å²) in [6.45, 7) is 6.06. The molecule has 6 heteroatoms. The summed E-state index contributed by atoms with van der Waals surface area (Å²) in [7, 11) is 1.91. The molecule has 0 spiro atoms. The van der Waals surface area contributed by atoms with Gasteiger partial charge < -0.3 is 15.5 Å². The van der Waals surface area contributed by atoms with Gasteiger partial charge in [-0.15, -0.1) is 12.4 Å². The van der Waals surface area contributed by atoms with Gasteiger partial charge in [-0.3, -0.25) is 9.59 Å². The van der Waals surface area contributed by atoms with Crippen LogP contribution >= 0.6 is 12.4 Å². The topological polar surface area (TPSA) is 61.4 Å². The van der Waals surface area contributed by atoms with E-state index in [0.29, 0.717) is 31.1 Å². The molecule has 2 bridgehead atoms. The van der Waals surface area contributed by atoms with E-state index in [-0.39, 0.29) is 24.2 Å². The lowest BCUT2D eigenvalue weighted by Crippen LogP contribution is -2.49. The Labute approximate surface area is 140 Å². The predicted molar refractivity (Wildman–Crippen MR) is 90.1 cm³/mol. The zero-order chi connectivity index (χ0) is 15.6. The van der Waals surface area contributed by atoms with Crippen LogP contribution in [0.3, 0.4) is 0 Å². The minimum atomic E-state index is -0.400. The first kappa shape index (κ1) is 19.2. The number of fused-ring (bicyclic) bond motifs is 2. The van der Waals surface area contributed by atoms with Gasteiger partial charge in [0.25, 0.3) is 0 Å². The molecule has 22 heavy (non-hydrogen) atoms. The first-order valence-corrected chi connectivity index (χ1v) is 8.07. The van der Waals surface area contributed by atoms with E-state index in [1.807, 2.05) is 32.7 Å². The number of carbonyl (C=O) groups is 2. The third-order valence-electron chi connectivity index (χ3n) is 4.69. The summed E-state index contributed by atoms with van der Waals surface area (Å²) in [5, 5.41) is 6.44. The average molecular weight is 332 g/mol. The molecule has 2 amide bonds. The maximum absolute atomic E-state index is 12.3. The molecule has 0 aromatic rings. The molecule has 0 aromatic heterocycles. The van der Waals surface area contributed by atoms with E-state index in [2.05, 4.69) is 10.6 Å². The van der Waals surface area contributed by atoms with Gasteiger partial charge in [0.2, 0.25) is 11.8 Å². The van der Waals surface area contributed by atoms with Crippen molar-refractivity contribution in [1.82, 2.24) is 15.5 Å². The highest BCUT2D eigenvalue weighted by molar-refractivity contribution is 5.85. The molecule has 5 nitrogen and oxygen atoms in total. The lowest BCUT2D eigenvalue weighted by atomic mass is 9.95. The minimum absolute atomic E-state index is 0. The molecule has 0 aliphatic carbocycles. The fourth-order valence-electron chi connectivity index (χ4n) is 3.27. The van der Waals surface area contributed by atoms with E-state index >= 15 is 0 Å². The lowest BCUT2D eigenvalue weighted by Gasteiger charge is -2.35. The smallest absolute Gasteiger partial charge is 0.225 e. The highest BCUT2D eigenvalue weighted by atomic mass is 35.5. The second-order valence-corrected chi connectivity index (χ2v) is 7.52. The third kappa shape index (κ3) is 4.85. The lowest BCUT2D eigenvalue weighted by molar-refractivity contribution is -0.133. The van der Waals surface area contributed by atoms with Crippen LogP contribution in [0.15, 0.2) is 0 Å². The Kier molecular flexibility index (Phi) is 6.68. The normalized spacial score (nSPS) is 27.0. The number of halogens is 1. The van der Waals surface area contributed by atoms with Crippen molar-refractivity contribution < 1.29 is 9.59 Å². The van der Waals surface area contributed by atoms with Gasteiger partial charge in [0.05, 0.1) is 0 Å². The molecule has 2 aliphatic rings. The zero-order valence-electron chi connectivity index (χ0n) is 14.1. The molecule has 2 aliphatic heterocycles. The Morgan fingerprint density at radius 3 is 2.23 bits per heavy atom. The minimum Gasteiger partial charge on any atom is -0.355 e. The van der Waals surface area contributed by atoms with Gasteiger partial charge in [0, 0.05) is 43.6 Å². The molecule has 2 N–H and O–H groups in total. The van der Waals surface area contributed by atoms with Crippen molar-refractivity contribution in [1.29, 1.82) is 0 Å². The van der Waals surface area contributed by atoms with Crippen molar-refractivity contribution in [3.05, 3.63) is 0 Å². The quantitative estimate of drug-likeness (QED) is 0.824. The van der Waals surface area contributed by atoms with Crippen LogP contribution in [-0.2, 0) is 9.59 Å². The van der Waals surface area contributed by atoms with Crippen molar-refractivity contribution in [2.24, 2.45) is 5.41 Å². The van der Waals surface area contributed by atoms with E-state index in [9.17, 15) is 9.59 Å². The Bertz CT molecular complexity index is 397. The largest absolute Gasteiger partial charge is 0.355 e. The van der Waals surface area contributed by atoms with E-state index in [4.69, 9.17) is 0 Å². The number of nitrogens with zero attached hydrogens (tertiary/aromatic N) is 1. The zero-order valence-corrected chi connectivity index (χ0v) is 15.0. The number of carbonyl (C=O) groups excluding carboxylic acids is 2. The number of hydrogen-bond donors (Lipinski definition) is 2. The van der Waals surface area contributed by atoms with Gasteiger partial charge in [-0.1, -0.05) is 20.8 Å². The fourth-order valence-corrected chi connectivity index (χ4v) is 3.27. The second kappa shape index (κ2) is 7.64. The summed E-state index contributed by atoms with van der Waals surface area (Å²) in [6.07, 6.45) is 4.99.